The van der Waals surface area contributed by atoms with E-state index in [1.54, 1.807) is 18.2 Å². The Morgan fingerprint density at radius 2 is 2.31 bits per heavy atom. The van der Waals surface area contributed by atoms with E-state index in [0.717, 1.165) is 0 Å². The number of hydrogen-bond donors (Lipinski definition) is 3. The van der Waals surface area contributed by atoms with Crippen LogP contribution in [0, 0.1) is 0 Å². The van der Waals surface area contributed by atoms with Gasteiger partial charge in [-0.05, 0) is 11.6 Å². The van der Waals surface area contributed by atoms with Crippen molar-refractivity contribution in [1.29, 1.82) is 0 Å². The summed E-state index contributed by atoms with van der Waals surface area (Å²) in [6.07, 6.45) is 0. The molecule has 5 nitrogen and oxygen atoms in total. The van der Waals surface area contributed by atoms with E-state index >= 15 is 0 Å². The second-order valence-corrected chi connectivity index (χ2v) is 3.39. The highest BCUT2D eigenvalue weighted by Gasteiger charge is 2.15. The summed E-state index contributed by atoms with van der Waals surface area (Å²) in [6.45, 7) is 1.21. The van der Waals surface area contributed by atoms with Gasteiger partial charge in [0.2, 0.25) is 5.91 Å². The van der Waals surface area contributed by atoms with Crippen molar-refractivity contribution < 1.29 is 14.6 Å². The van der Waals surface area contributed by atoms with Gasteiger partial charge in [0, 0.05) is 6.92 Å². The first-order chi connectivity index (χ1) is 7.60. The van der Waals surface area contributed by atoms with Crippen LogP contribution >= 0.6 is 0 Å². The van der Waals surface area contributed by atoms with Gasteiger partial charge in [0.15, 0.2) is 0 Å². The molecule has 16 heavy (non-hydrogen) atoms. The van der Waals surface area contributed by atoms with E-state index in [1.807, 2.05) is 0 Å². The zero-order valence-corrected chi connectivity index (χ0v) is 9.36. The average Bonchev–Trinajstić information content (AvgIpc) is 2.27. The third-order valence-electron chi connectivity index (χ3n) is 2.18. The van der Waals surface area contributed by atoms with Gasteiger partial charge in [0.25, 0.3) is 0 Å². The minimum atomic E-state index is -0.544. The molecule has 0 saturated heterocycles. The number of hydrogen-bond acceptors (Lipinski definition) is 4. The van der Waals surface area contributed by atoms with Gasteiger partial charge in [-0.25, -0.2) is 0 Å². The molecule has 0 bridgehead atoms. The molecule has 1 unspecified atom stereocenters. The highest BCUT2D eigenvalue weighted by Crippen LogP contribution is 2.31. The number of anilines is 1. The standard InChI is InChI=1S/C11H16N2O3/c1-7(15)13-11-8(9(12)6-14)4-3-5-10(11)16-2/h3-5,9,14H,6,12H2,1-2H3,(H,13,15). The van der Waals surface area contributed by atoms with Crippen molar-refractivity contribution in [2.75, 3.05) is 19.0 Å². The first kappa shape index (κ1) is 12.5. The van der Waals surface area contributed by atoms with Crippen molar-refractivity contribution >= 4 is 11.6 Å². The van der Waals surface area contributed by atoms with E-state index in [-0.39, 0.29) is 12.5 Å². The summed E-state index contributed by atoms with van der Waals surface area (Å²) < 4.78 is 5.13. The van der Waals surface area contributed by atoms with Gasteiger partial charge in [-0.2, -0.15) is 0 Å². The first-order valence-electron chi connectivity index (χ1n) is 4.91. The molecule has 0 heterocycles. The molecule has 1 aromatic carbocycles. The number of para-hydroxylation sites is 1. The number of carbonyl (C=O) groups is 1. The molecule has 4 N–H and O–H groups in total. The molecule has 1 atom stereocenters. The van der Waals surface area contributed by atoms with Gasteiger partial charge >= 0.3 is 0 Å². The summed E-state index contributed by atoms with van der Waals surface area (Å²) in [5, 5.41) is 11.7. The van der Waals surface area contributed by atoms with Gasteiger partial charge in [0.1, 0.15) is 5.75 Å². The van der Waals surface area contributed by atoms with Crippen LogP contribution in [0.5, 0.6) is 5.75 Å². The van der Waals surface area contributed by atoms with Crippen LogP contribution in [0.1, 0.15) is 18.5 Å². The van der Waals surface area contributed by atoms with Gasteiger partial charge in [-0.15, -0.1) is 0 Å². The molecule has 1 rings (SSSR count). The van der Waals surface area contributed by atoms with Crippen LogP contribution in [0.25, 0.3) is 0 Å². The Morgan fingerprint density at radius 3 is 2.81 bits per heavy atom. The molecule has 1 amide bonds. The summed E-state index contributed by atoms with van der Waals surface area (Å²) in [6, 6.07) is 4.68. The summed E-state index contributed by atoms with van der Waals surface area (Å²) in [5.41, 5.74) is 6.90. The van der Waals surface area contributed by atoms with Crippen LogP contribution in [0.3, 0.4) is 0 Å². The molecular formula is C11H16N2O3. The largest absolute Gasteiger partial charge is 0.495 e. The van der Waals surface area contributed by atoms with Crippen molar-refractivity contribution in [2.45, 2.75) is 13.0 Å². The van der Waals surface area contributed by atoms with Crippen LogP contribution in [0.2, 0.25) is 0 Å². The Labute approximate surface area is 94.2 Å². The van der Waals surface area contributed by atoms with Crippen molar-refractivity contribution in [3.05, 3.63) is 23.8 Å². The fourth-order valence-electron chi connectivity index (χ4n) is 1.44. The van der Waals surface area contributed by atoms with Crippen molar-refractivity contribution in [3.8, 4) is 5.75 Å². The quantitative estimate of drug-likeness (QED) is 0.701. The molecule has 0 aliphatic carbocycles. The van der Waals surface area contributed by atoms with Crippen molar-refractivity contribution in [3.63, 3.8) is 0 Å². The Morgan fingerprint density at radius 1 is 1.62 bits per heavy atom. The van der Waals surface area contributed by atoms with Gasteiger partial charge in [0.05, 0.1) is 25.4 Å². The maximum atomic E-state index is 11.1. The molecule has 0 fully saturated rings. The van der Waals surface area contributed by atoms with Crippen LogP contribution < -0.4 is 15.8 Å². The normalized spacial score (nSPS) is 12.0. The van der Waals surface area contributed by atoms with Gasteiger partial charge < -0.3 is 20.9 Å². The number of amides is 1. The van der Waals surface area contributed by atoms with Crippen molar-refractivity contribution in [1.82, 2.24) is 0 Å². The molecule has 0 aliphatic rings. The summed E-state index contributed by atoms with van der Waals surface area (Å²) in [4.78, 5) is 11.1. The molecule has 5 heteroatoms. The third-order valence-corrected chi connectivity index (χ3v) is 2.18. The number of benzene rings is 1. The van der Waals surface area contributed by atoms with E-state index in [0.29, 0.717) is 17.0 Å². The smallest absolute Gasteiger partial charge is 0.221 e. The second kappa shape index (κ2) is 5.48. The lowest BCUT2D eigenvalue weighted by atomic mass is 10.1. The lowest BCUT2D eigenvalue weighted by Gasteiger charge is -2.17. The highest BCUT2D eigenvalue weighted by molar-refractivity contribution is 5.91. The van der Waals surface area contributed by atoms with Gasteiger partial charge in [-0.3, -0.25) is 4.79 Å². The van der Waals surface area contributed by atoms with E-state index in [1.165, 1.54) is 14.0 Å². The van der Waals surface area contributed by atoms with Gasteiger partial charge in [-0.1, -0.05) is 12.1 Å². The van der Waals surface area contributed by atoms with Crippen LogP contribution in [0.4, 0.5) is 5.69 Å². The van der Waals surface area contributed by atoms with Crippen molar-refractivity contribution in [2.24, 2.45) is 5.73 Å². The predicted octanol–water partition coefficient (Wildman–Crippen LogP) is 0.646. The Balaban J connectivity index is 3.19. The lowest BCUT2D eigenvalue weighted by Crippen LogP contribution is -2.18. The average molecular weight is 224 g/mol. The summed E-state index contributed by atoms with van der Waals surface area (Å²) >= 11 is 0. The van der Waals surface area contributed by atoms with E-state index in [9.17, 15) is 4.79 Å². The van der Waals surface area contributed by atoms with E-state index < -0.39 is 6.04 Å². The predicted molar refractivity (Wildman–Crippen MR) is 61.3 cm³/mol. The van der Waals surface area contributed by atoms with E-state index in [2.05, 4.69) is 5.32 Å². The number of methoxy groups -OCH3 is 1. The minimum Gasteiger partial charge on any atom is -0.495 e. The zero-order chi connectivity index (χ0) is 12.1. The molecule has 0 aliphatic heterocycles. The number of carbonyl (C=O) groups excluding carboxylic acids is 1. The number of aliphatic hydroxyl groups is 1. The van der Waals surface area contributed by atoms with Crippen LogP contribution in [-0.4, -0.2) is 24.7 Å². The summed E-state index contributed by atoms with van der Waals surface area (Å²) in [7, 11) is 1.51. The molecule has 0 radical (unpaired) electrons. The Kier molecular flexibility index (Phi) is 4.28. The molecule has 0 aromatic heterocycles. The molecule has 0 spiro atoms. The monoisotopic (exact) mass is 224 g/mol. The van der Waals surface area contributed by atoms with Crippen LogP contribution in [-0.2, 0) is 4.79 Å². The third kappa shape index (κ3) is 2.71. The topological polar surface area (TPSA) is 84.6 Å². The lowest BCUT2D eigenvalue weighted by molar-refractivity contribution is -0.114. The molecular weight excluding hydrogens is 208 g/mol. The maximum Gasteiger partial charge on any atom is 0.221 e. The zero-order valence-electron chi connectivity index (χ0n) is 9.36. The maximum absolute atomic E-state index is 11.1. The molecule has 0 saturated carbocycles. The molecule has 88 valence electrons. The number of rotatable bonds is 4. The number of nitrogens with two attached hydrogens (primary N) is 1. The van der Waals surface area contributed by atoms with E-state index in [4.69, 9.17) is 15.6 Å². The number of aliphatic hydroxyl groups excluding tert-OH is 1. The Hall–Kier alpha value is -1.59. The first-order valence-corrected chi connectivity index (χ1v) is 4.91. The summed E-state index contributed by atoms with van der Waals surface area (Å²) in [5.74, 6) is 0.312. The number of ether oxygens (including phenoxy) is 1. The minimum absolute atomic E-state index is 0.195. The molecule has 1 aromatic rings. The fourth-order valence-corrected chi connectivity index (χ4v) is 1.44. The fraction of sp³-hybridized carbons (Fsp3) is 0.364. The highest BCUT2D eigenvalue weighted by atomic mass is 16.5. The Bertz CT molecular complexity index is 379. The SMILES string of the molecule is COc1cccc(C(N)CO)c1NC(C)=O. The second-order valence-electron chi connectivity index (χ2n) is 3.39. The van der Waals surface area contributed by atoms with Crippen LogP contribution in [0.15, 0.2) is 18.2 Å². The number of nitrogens with one attached hydrogen (secondary N) is 1.